The first-order chi connectivity index (χ1) is 9.10. The van der Waals surface area contributed by atoms with Gasteiger partial charge >= 0.3 is 5.97 Å². The van der Waals surface area contributed by atoms with Gasteiger partial charge in [0.05, 0.1) is 7.11 Å². The number of ether oxygens (including phenoxy) is 1. The zero-order valence-electron chi connectivity index (χ0n) is 11.1. The van der Waals surface area contributed by atoms with Gasteiger partial charge in [-0.15, -0.1) is 0 Å². The topological polar surface area (TPSA) is 72.5 Å². The number of esters is 1. The van der Waals surface area contributed by atoms with Crippen LogP contribution < -0.4 is 5.73 Å². The Labute approximate surface area is 112 Å². The van der Waals surface area contributed by atoms with Crippen LogP contribution in [0.3, 0.4) is 0 Å². The van der Waals surface area contributed by atoms with Crippen LogP contribution in [0.2, 0.25) is 0 Å². The van der Waals surface area contributed by atoms with Crippen molar-refractivity contribution in [2.75, 3.05) is 20.3 Å². The molecule has 1 aromatic rings. The standard InChI is InChI=1S/C14H20FNO3/c1-19-13(18)14(10-16,8-2-3-9-17)11-4-6-12(15)7-5-11/h4-7,17H,2-3,8-10,16H2,1H3. The first-order valence-corrected chi connectivity index (χ1v) is 6.26. The highest BCUT2D eigenvalue weighted by atomic mass is 19.1. The van der Waals surface area contributed by atoms with Crippen LogP contribution in [0.25, 0.3) is 0 Å². The lowest BCUT2D eigenvalue weighted by atomic mass is 9.76. The number of carbonyl (C=O) groups is 1. The van der Waals surface area contributed by atoms with E-state index in [1.165, 1.54) is 19.2 Å². The Morgan fingerprint density at radius 1 is 1.37 bits per heavy atom. The Morgan fingerprint density at radius 3 is 2.47 bits per heavy atom. The molecule has 0 amide bonds. The number of hydrogen-bond donors (Lipinski definition) is 2. The van der Waals surface area contributed by atoms with Gasteiger partial charge in [-0.1, -0.05) is 12.1 Å². The fraction of sp³-hybridized carbons (Fsp3) is 0.500. The quantitative estimate of drug-likeness (QED) is 0.579. The first-order valence-electron chi connectivity index (χ1n) is 6.26. The second-order valence-electron chi connectivity index (χ2n) is 4.47. The summed E-state index contributed by atoms with van der Waals surface area (Å²) in [6.45, 7) is 0.141. The zero-order chi connectivity index (χ0) is 14.3. The molecule has 1 atom stereocenters. The number of unbranched alkanes of at least 4 members (excludes halogenated alkanes) is 1. The summed E-state index contributed by atoms with van der Waals surface area (Å²) in [5, 5.41) is 8.84. The van der Waals surface area contributed by atoms with Gasteiger partial charge in [-0.2, -0.15) is 0 Å². The lowest BCUT2D eigenvalue weighted by Gasteiger charge is -2.30. The van der Waals surface area contributed by atoms with E-state index in [1.807, 2.05) is 0 Å². The Hall–Kier alpha value is -1.46. The Balaban J connectivity index is 3.08. The Morgan fingerprint density at radius 2 is 2.00 bits per heavy atom. The van der Waals surface area contributed by atoms with E-state index >= 15 is 0 Å². The molecule has 0 fully saturated rings. The number of rotatable bonds is 7. The summed E-state index contributed by atoms with van der Waals surface area (Å²) in [5.74, 6) is -0.797. The summed E-state index contributed by atoms with van der Waals surface area (Å²) < 4.78 is 17.8. The molecule has 3 N–H and O–H groups in total. The summed E-state index contributed by atoms with van der Waals surface area (Å²) in [5.41, 5.74) is 5.44. The summed E-state index contributed by atoms with van der Waals surface area (Å²) in [4.78, 5) is 12.1. The molecule has 0 aliphatic heterocycles. The highest BCUT2D eigenvalue weighted by Crippen LogP contribution is 2.31. The van der Waals surface area contributed by atoms with Crippen molar-refractivity contribution in [3.05, 3.63) is 35.6 Å². The number of hydrogen-bond acceptors (Lipinski definition) is 4. The number of nitrogens with two attached hydrogens (primary N) is 1. The largest absolute Gasteiger partial charge is 0.468 e. The fourth-order valence-electron chi connectivity index (χ4n) is 2.17. The van der Waals surface area contributed by atoms with Gasteiger partial charge in [-0.25, -0.2) is 4.39 Å². The SMILES string of the molecule is COC(=O)C(CN)(CCCCO)c1ccc(F)cc1. The molecule has 106 valence electrons. The van der Waals surface area contributed by atoms with Crippen LogP contribution in [0.5, 0.6) is 0 Å². The van der Waals surface area contributed by atoms with E-state index in [2.05, 4.69) is 0 Å². The fourth-order valence-corrected chi connectivity index (χ4v) is 2.17. The van der Waals surface area contributed by atoms with E-state index in [9.17, 15) is 9.18 Å². The van der Waals surface area contributed by atoms with Crippen molar-refractivity contribution in [3.8, 4) is 0 Å². The maximum atomic E-state index is 13.0. The van der Waals surface area contributed by atoms with Gasteiger partial charge in [0.25, 0.3) is 0 Å². The van der Waals surface area contributed by atoms with E-state index in [1.54, 1.807) is 12.1 Å². The molecule has 1 aromatic carbocycles. The third kappa shape index (κ3) is 3.52. The third-order valence-electron chi connectivity index (χ3n) is 3.33. The third-order valence-corrected chi connectivity index (χ3v) is 3.33. The van der Waals surface area contributed by atoms with Crippen LogP contribution in [0.4, 0.5) is 4.39 Å². The molecule has 1 rings (SSSR count). The van der Waals surface area contributed by atoms with E-state index in [-0.39, 0.29) is 19.0 Å². The van der Waals surface area contributed by atoms with Gasteiger partial charge in [-0.05, 0) is 37.0 Å². The van der Waals surface area contributed by atoms with Gasteiger partial charge in [0.1, 0.15) is 11.2 Å². The first kappa shape index (κ1) is 15.6. The molecule has 1 unspecified atom stereocenters. The van der Waals surface area contributed by atoms with Crippen molar-refractivity contribution in [2.45, 2.75) is 24.7 Å². The molecule has 0 aromatic heterocycles. The maximum Gasteiger partial charge on any atom is 0.317 e. The van der Waals surface area contributed by atoms with Crippen molar-refractivity contribution in [1.82, 2.24) is 0 Å². The van der Waals surface area contributed by atoms with Crippen molar-refractivity contribution < 1.29 is 19.0 Å². The smallest absolute Gasteiger partial charge is 0.317 e. The summed E-state index contributed by atoms with van der Waals surface area (Å²) >= 11 is 0. The van der Waals surface area contributed by atoms with Crippen molar-refractivity contribution in [2.24, 2.45) is 5.73 Å². The van der Waals surface area contributed by atoms with Crippen LogP contribution in [0.1, 0.15) is 24.8 Å². The molecule has 4 nitrogen and oxygen atoms in total. The van der Waals surface area contributed by atoms with Gasteiger partial charge in [0, 0.05) is 13.2 Å². The summed E-state index contributed by atoms with van der Waals surface area (Å²) in [6.07, 6.45) is 1.68. The lowest BCUT2D eigenvalue weighted by Crippen LogP contribution is -2.44. The minimum absolute atomic E-state index is 0.0608. The van der Waals surface area contributed by atoms with Crippen molar-refractivity contribution in [3.63, 3.8) is 0 Å². The molecule has 0 saturated carbocycles. The van der Waals surface area contributed by atoms with Gasteiger partial charge in [-0.3, -0.25) is 4.79 Å². The second-order valence-corrected chi connectivity index (χ2v) is 4.47. The molecule has 0 radical (unpaired) electrons. The molecule has 0 spiro atoms. The van der Waals surface area contributed by atoms with Crippen LogP contribution in [0, 0.1) is 5.82 Å². The van der Waals surface area contributed by atoms with E-state index < -0.39 is 11.4 Å². The van der Waals surface area contributed by atoms with E-state index in [4.69, 9.17) is 15.6 Å². The molecule has 5 heteroatoms. The monoisotopic (exact) mass is 269 g/mol. The van der Waals surface area contributed by atoms with Crippen LogP contribution in [-0.4, -0.2) is 31.3 Å². The molecule has 0 aliphatic rings. The van der Waals surface area contributed by atoms with Crippen molar-refractivity contribution >= 4 is 5.97 Å². The molecule has 0 bridgehead atoms. The van der Waals surface area contributed by atoms with Gasteiger partial charge < -0.3 is 15.6 Å². The number of aliphatic hydroxyl groups is 1. The molecular weight excluding hydrogens is 249 g/mol. The average molecular weight is 269 g/mol. The number of methoxy groups -OCH3 is 1. The average Bonchev–Trinajstić information content (AvgIpc) is 2.44. The molecule has 19 heavy (non-hydrogen) atoms. The molecular formula is C14H20FNO3. The minimum Gasteiger partial charge on any atom is -0.468 e. The minimum atomic E-state index is -0.975. The Bertz CT molecular complexity index is 408. The van der Waals surface area contributed by atoms with Crippen LogP contribution >= 0.6 is 0 Å². The predicted octanol–water partition coefficient (Wildman–Crippen LogP) is 1.36. The second kappa shape index (κ2) is 7.21. The Kier molecular flexibility index (Phi) is 5.92. The van der Waals surface area contributed by atoms with E-state index in [0.717, 1.165) is 0 Å². The molecule has 0 aliphatic carbocycles. The highest BCUT2D eigenvalue weighted by Gasteiger charge is 2.39. The lowest BCUT2D eigenvalue weighted by molar-refractivity contribution is -0.147. The summed E-state index contributed by atoms with van der Waals surface area (Å²) in [7, 11) is 1.31. The van der Waals surface area contributed by atoms with Crippen molar-refractivity contribution in [1.29, 1.82) is 0 Å². The normalized spacial score (nSPS) is 13.9. The van der Waals surface area contributed by atoms with Gasteiger partial charge in [0.2, 0.25) is 0 Å². The molecule has 0 heterocycles. The van der Waals surface area contributed by atoms with Crippen LogP contribution in [0.15, 0.2) is 24.3 Å². The van der Waals surface area contributed by atoms with Gasteiger partial charge in [0.15, 0.2) is 0 Å². The molecule has 0 saturated heterocycles. The predicted molar refractivity (Wildman–Crippen MR) is 70.1 cm³/mol. The number of aliphatic hydroxyl groups excluding tert-OH is 1. The van der Waals surface area contributed by atoms with Crippen LogP contribution in [-0.2, 0) is 14.9 Å². The number of halogens is 1. The number of benzene rings is 1. The zero-order valence-corrected chi connectivity index (χ0v) is 11.1. The number of carbonyl (C=O) groups excluding carboxylic acids is 1. The summed E-state index contributed by atoms with van der Waals surface area (Å²) in [6, 6.07) is 5.71. The highest BCUT2D eigenvalue weighted by molar-refractivity contribution is 5.83. The van der Waals surface area contributed by atoms with E-state index in [0.29, 0.717) is 24.8 Å². The maximum absolute atomic E-state index is 13.0.